The molecule has 3 fully saturated rings. The Morgan fingerprint density at radius 2 is 1.92 bits per heavy atom. The quantitative estimate of drug-likeness (QED) is 0.706. The summed E-state index contributed by atoms with van der Waals surface area (Å²) in [5, 5.41) is 0.840. The predicted molar refractivity (Wildman–Crippen MR) is 104 cm³/mol. The summed E-state index contributed by atoms with van der Waals surface area (Å²) in [4.78, 5) is 5.61. The van der Waals surface area contributed by atoms with Crippen molar-refractivity contribution < 1.29 is 0 Å². The van der Waals surface area contributed by atoms with Crippen molar-refractivity contribution in [1.29, 1.82) is 0 Å². The van der Waals surface area contributed by atoms with E-state index in [1.54, 1.807) is 5.57 Å². The Balaban J connectivity index is 1.40. The third-order valence-electron chi connectivity index (χ3n) is 7.06. The topological polar surface area (TPSA) is 6.48 Å². The maximum absolute atomic E-state index is 6.07. The molecular weight excluding hydrogens is 328 g/mol. The van der Waals surface area contributed by atoms with Crippen molar-refractivity contribution in [3.8, 4) is 0 Å². The summed E-state index contributed by atoms with van der Waals surface area (Å²) in [6.45, 7) is 4.99. The van der Waals surface area contributed by atoms with Crippen LogP contribution in [0.15, 0.2) is 35.9 Å². The van der Waals surface area contributed by atoms with Gasteiger partial charge >= 0.3 is 0 Å². The van der Waals surface area contributed by atoms with Crippen LogP contribution in [-0.4, -0.2) is 41.5 Å². The molecule has 0 radical (unpaired) electrons. The molecule has 3 heterocycles. The van der Waals surface area contributed by atoms with Crippen molar-refractivity contribution in [2.24, 2.45) is 11.8 Å². The number of halogens is 1. The van der Waals surface area contributed by atoms with Crippen molar-refractivity contribution in [2.75, 3.05) is 19.6 Å². The molecule has 25 heavy (non-hydrogen) atoms. The number of rotatable bonds is 2. The van der Waals surface area contributed by atoms with Crippen molar-refractivity contribution in [1.82, 2.24) is 9.80 Å². The summed E-state index contributed by atoms with van der Waals surface area (Å²) < 4.78 is 0. The number of hydrogen-bond donors (Lipinski definition) is 0. The highest BCUT2D eigenvalue weighted by Crippen LogP contribution is 2.45. The minimum absolute atomic E-state index is 0.684. The van der Waals surface area contributed by atoms with Gasteiger partial charge in [0.1, 0.15) is 0 Å². The van der Waals surface area contributed by atoms with Gasteiger partial charge in [0.25, 0.3) is 0 Å². The molecule has 0 aromatic heterocycles. The number of benzene rings is 1. The Morgan fingerprint density at radius 1 is 1.04 bits per heavy atom. The average Bonchev–Trinajstić information content (AvgIpc) is 2.64. The van der Waals surface area contributed by atoms with Crippen LogP contribution in [0.3, 0.4) is 0 Å². The van der Waals surface area contributed by atoms with Crippen LogP contribution in [0.5, 0.6) is 0 Å². The molecule has 2 nitrogen and oxygen atoms in total. The van der Waals surface area contributed by atoms with Gasteiger partial charge in [-0.05, 0) is 74.7 Å². The van der Waals surface area contributed by atoms with Crippen molar-refractivity contribution >= 4 is 11.6 Å². The van der Waals surface area contributed by atoms with E-state index in [0.29, 0.717) is 6.04 Å². The molecule has 4 aliphatic rings. The number of piperidine rings is 3. The van der Waals surface area contributed by atoms with Gasteiger partial charge in [-0.2, -0.15) is 0 Å². The second kappa shape index (κ2) is 6.72. The number of fused-ring (bicyclic) bond motifs is 6. The number of nitrogens with zero attached hydrogens (tertiary/aromatic N) is 2. The molecule has 4 atom stereocenters. The van der Waals surface area contributed by atoms with E-state index in [1.165, 1.54) is 63.7 Å². The lowest BCUT2D eigenvalue weighted by atomic mass is 9.68. The van der Waals surface area contributed by atoms with E-state index in [0.717, 1.165) is 29.4 Å². The number of hydrogen-bond acceptors (Lipinski definition) is 2. The Labute approximate surface area is 156 Å². The van der Waals surface area contributed by atoms with Gasteiger partial charge in [0.15, 0.2) is 0 Å². The standard InChI is InChI=1S/C22H29ClN2/c23-20-8-6-16(7-9-20)14-25-11-3-4-17-12-18-13-19(22(17)25)15-24-10-2-1-5-21(18)24/h6-9,12,18-19,21-22H,1-5,10-11,13-15H2/t18-,19+,21+,22+/m0/s1. The zero-order chi connectivity index (χ0) is 16.8. The molecule has 3 saturated heterocycles. The molecule has 0 saturated carbocycles. The van der Waals surface area contributed by atoms with Gasteiger partial charge in [-0.15, -0.1) is 0 Å². The lowest BCUT2D eigenvalue weighted by molar-refractivity contribution is -0.00264. The third-order valence-corrected chi connectivity index (χ3v) is 7.31. The van der Waals surface area contributed by atoms with Gasteiger partial charge < -0.3 is 0 Å². The van der Waals surface area contributed by atoms with Crippen LogP contribution in [0.2, 0.25) is 5.02 Å². The molecule has 1 aromatic carbocycles. The highest BCUT2D eigenvalue weighted by Gasteiger charge is 2.45. The van der Waals surface area contributed by atoms with Crippen LogP contribution in [0.1, 0.15) is 44.1 Å². The molecule has 1 aliphatic carbocycles. The molecule has 5 rings (SSSR count). The van der Waals surface area contributed by atoms with E-state index in [4.69, 9.17) is 11.6 Å². The summed E-state index contributed by atoms with van der Waals surface area (Å²) in [6, 6.07) is 10.0. The van der Waals surface area contributed by atoms with E-state index in [1.807, 2.05) is 12.1 Å². The fraction of sp³-hybridized carbons (Fsp3) is 0.636. The summed E-state index contributed by atoms with van der Waals surface area (Å²) in [6.07, 6.45) is 11.1. The van der Waals surface area contributed by atoms with Crippen LogP contribution >= 0.6 is 11.6 Å². The molecule has 3 aliphatic heterocycles. The molecule has 3 heteroatoms. The van der Waals surface area contributed by atoms with Gasteiger partial charge in [-0.3, -0.25) is 9.80 Å². The highest BCUT2D eigenvalue weighted by atomic mass is 35.5. The lowest BCUT2D eigenvalue weighted by Gasteiger charge is -2.54. The first-order valence-electron chi connectivity index (χ1n) is 10.2. The molecule has 1 aromatic rings. The fourth-order valence-electron chi connectivity index (χ4n) is 6.09. The molecule has 0 N–H and O–H groups in total. The second-order valence-corrected chi connectivity index (χ2v) is 9.04. The van der Waals surface area contributed by atoms with E-state index in [9.17, 15) is 0 Å². The summed E-state index contributed by atoms with van der Waals surface area (Å²) in [5.74, 6) is 1.67. The Kier molecular flexibility index (Phi) is 4.39. The number of likely N-dealkylation sites (tertiary alicyclic amines) is 1. The average molecular weight is 357 g/mol. The van der Waals surface area contributed by atoms with E-state index < -0.39 is 0 Å². The van der Waals surface area contributed by atoms with Gasteiger partial charge in [-0.1, -0.05) is 41.8 Å². The van der Waals surface area contributed by atoms with Gasteiger partial charge in [0, 0.05) is 30.2 Å². The maximum Gasteiger partial charge on any atom is 0.0406 e. The largest absolute Gasteiger partial charge is 0.299 e. The summed E-state index contributed by atoms with van der Waals surface area (Å²) in [7, 11) is 0. The normalized spacial score (nSPS) is 35.6. The molecule has 134 valence electrons. The third kappa shape index (κ3) is 3.07. The van der Waals surface area contributed by atoms with Crippen LogP contribution < -0.4 is 0 Å². The SMILES string of the molecule is Clc1ccc(CN2CCCC3=C[C@H]4C[C@H](CN5CCCC[C@H]45)[C@@H]32)cc1. The first-order valence-corrected chi connectivity index (χ1v) is 10.6. The van der Waals surface area contributed by atoms with Crippen molar-refractivity contribution in [2.45, 2.75) is 57.2 Å². The first kappa shape index (κ1) is 16.4. The Bertz CT molecular complexity index is 652. The first-order chi connectivity index (χ1) is 12.3. The van der Waals surface area contributed by atoms with Gasteiger partial charge in [0.2, 0.25) is 0 Å². The highest BCUT2D eigenvalue weighted by molar-refractivity contribution is 6.30. The lowest BCUT2D eigenvalue weighted by Crippen LogP contribution is -2.58. The molecule has 0 unspecified atom stereocenters. The van der Waals surface area contributed by atoms with E-state index in [-0.39, 0.29) is 0 Å². The van der Waals surface area contributed by atoms with Crippen LogP contribution in [0.25, 0.3) is 0 Å². The monoisotopic (exact) mass is 356 g/mol. The van der Waals surface area contributed by atoms with E-state index in [2.05, 4.69) is 28.0 Å². The minimum Gasteiger partial charge on any atom is -0.299 e. The van der Waals surface area contributed by atoms with Crippen molar-refractivity contribution in [3.05, 3.63) is 46.5 Å². The summed E-state index contributed by atoms with van der Waals surface area (Å²) in [5.41, 5.74) is 3.17. The molecule has 0 amide bonds. The van der Waals surface area contributed by atoms with Crippen LogP contribution in [-0.2, 0) is 6.54 Å². The maximum atomic E-state index is 6.07. The zero-order valence-corrected chi connectivity index (χ0v) is 15.8. The molecule has 2 bridgehead atoms. The zero-order valence-electron chi connectivity index (χ0n) is 15.0. The second-order valence-electron chi connectivity index (χ2n) is 8.60. The Hall–Kier alpha value is -0.830. The van der Waals surface area contributed by atoms with Crippen LogP contribution in [0.4, 0.5) is 0 Å². The minimum atomic E-state index is 0.684. The molecular formula is C22H29ClN2. The van der Waals surface area contributed by atoms with Crippen LogP contribution in [0, 0.1) is 11.8 Å². The summed E-state index contributed by atoms with van der Waals surface area (Å²) >= 11 is 6.07. The van der Waals surface area contributed by atoms with Crippen molar-refractivity contribution in [3.63, 3.8) is 0 Å². The van der Waals surface area contributed by atoms with Gasteiger partial charge in [0.05, 0.1) is 0 Å². The van der Waals surface area contributed by atoms with E-state index >= 15 is 0 Å². The fourth-order valence-corrected chi connectivity index (χ4v) is 6.21. The molecule has 0 spiro atoms. The van der Waals surface area contributed by atoms with Gasteiger partial charge in [-0.25, -0.2) is 0 Å². The smallest absolute Gasteiger partial charge is 0.0406 e. The Morgan fingerprint density at radius 3 is 2.80 bits per heavy atom. The predicted octanol–water partition coefficient (Wildman–Crippen LogP) is 4.74.